The van der Waals surface area contributed by atoms with Crippen molar-refractivity contribution in [3.05, 3.63) is 0 Å². The lowest BCUT2D eigenvalue weighted by Crippen LogP contribution is -2.53. The number of aliphatic hydroxyl groups excluding tert-OH is 1. The first kappa shape index (κ1) is 12.3. The highest BCUT2D eigenvalue weighted by molar-refractivity contribution is 4.96. The number of hydrogen-bond acceptors (Lipinski definition) is 4. The van der Waals surface area contributed by atoms with Gasteiger partial charge in [-0.25, -0.2) is 0 Å². The molecule has 1 saturated heterocycles. The van der Waals surface area contributed by atoms with Crippen LogP contribution >= 0.6 is 0 Å². The maximum atomic E-state index is 9.71. The zero-order valence-corrected chi connectivity index (χ0v) is 10.0. The highest BCUT2D eigenvalue weighted by atomic mass is 16.5. The van der Waals surface area contributed by atoms with Gasteiger partial charge in [-0.2, -0.15) is 0 Å². The minimum Gasteiger partial charge on any atom is -0.393 e. The molecule has 1 heterocycles. The minimum atomic E-state index is -1.01. The van der Waals surface area contributed by atoms with E-state index in [0.717, 1.165) is 19.4 Å². The Labute approximate surface area is 97.0 Å². The van der Waals surface area contributed by atoms with Crippen molar-refractivity contribution in [1.29, 1.82) is 0 Å². The van der Waals surface area contributed by atoms with Gasteiger partial charge >= 0.3 is 0 Å². The molecule has 4 heteroatoms. The smallest absolute Gasteiger partial charge is 0.0972 e. The molecule has 2 aliphatic rings. The largest absolute Gasteiger partial charge is 0.393 e. The summed E-state index contributed by atoms with van der Waals surface area (Å²) in [6.07, 6.45) is 5.70. The van der Waals surface area contributed by atoms with E-state index in [1.807, 2.05) is 0 Å². The summed E-state index contributed by atoms with van der Waals surface area (Å²) in [7, 11) is 0. The van der Waals surface area contributed by atoms with Crippen molar-refractivity contribution in [2.24, 2.45) is 0 Å². The van der Waals surface area contributed by atoms with Crippen LogP contribution in [0.1, 0.15) is 39.0 Å². The second-order valence-corrected chi connectivity index (χ2v) is 5.61. The van der Waals surface area contributed by atoms with Crippen LogP contribution in [-0.4, -0.2) is 47.2 Å². The first-order valence-electron chi connectivity index (χ1n) is 6.26. The second-order valence-electron chi connectivity index (χ2n) is 5.61. The van der Waals surface area contributed by atoms with Crippen LogP contribution in [0.15, 0.2) is 0 Å². The van der Waals surface area contributed by atoms with E-state index in [1.165, 1.54) is 19.3 Å². The van der Waals surface area contributed by atoms with Gasteiger partial charge < -0.3 is 20.3 Å². The van der Waals surface area contributed by atoms with Gasteiger partial charge in [0.1, 0.15) is 0 Å². The van der Waals surface area contributed by atoms with Crippen LogP contribution < -0.4 is 5.32 Å². The van der Waals surface area contributed by atoms with Gasteiger partial charge in [-0.05, 0) is 39.0 Å². The van der Waals surface area contributed by atoms with Crippen molar-refractivity contribution in [3.8, 4) is 0 Å². The van der Waals surface area contributed by atoms with E-state index in [4.69, 9.17) is 9.84 Å². The molecule has 4 nitrogen and oxygen atoms in total. The van der Waals surface area contributed by atoms with Crippen LogP contribution in [-0.2, 0) is 4.74 Å². The van der Waals surface area contributed by atoms with E-state index < -0.39 is 5.60 Å². The molecule has 0 aromatic heterocycles. The molecule has 3 N–H and O–H groups in total. The maximum Gasteiger partial charge on any atom is 0.0972 e. The molecule has 0 radical (unpaired) electrons. The van der Waals surface area contributed by atoms with Crippen LogP contribution in [0.25, 0.3) is 0 Å². The topological polar surface area (TPSA) is 61.7 Å². The quantitative estimate of drug-likeness (QED) is 0.654. The van der Waals surface area contributed by atoms with Crippen LogP contribution in [0, 0.1) is 0 Å². The van der Waals surface area contributed by atoms with Crippen molar-refractivity contribution in [2.45, 2.75) is 56.3 Å². The Morgan fingerprint density at radius 1 is 1.50 bits per heavy atom. The lowest BCUT2D eigenvalue weighted by atomic mass is 9.74. The van der Waals surface area contributed by atoms with Gasteiger partial charge in [-0.3, -0.25) is 0 Å². The van der Waals surface area contributed by atoms with Gasteiger partial charge in [0.05, 0.1) is 17.8 Å². The van der Waals surface area contributed by atoms with Crippen molar-refractivity contribution in [3.63, 3.8) is 0 Å². The monoisotopic (exact) mass is 229 g/mol. The first-order valence-corrected chi connectivity index (χ1v) is 6.26. The highest BCUT2D eigenvalue weighted by Crippen LogP contribution is 2.42. The van der Waals surface area contributed by atoms with Crippen LogP contribution in [0.4, 0.5) is 0 Å². The molecule has 0 amide bonds. The van der Waals surface area contributed by atoms with Gasteiger partial charge in [-0.1, -0.05) is 0 Å². The third-order valence-electron chi connectivity index (χ3n) is 3.87. The third-order valence-corrected chi connectivity index (χ3v) is 3.87. The average molecular weight is 229 g/mol. The Balaban J connectivity index is 1.77. The fourth-order valence-corrected chi connectivity index (χ4v) is 2.54. The second kappa shape index (κ2) is 4.61. The molecule has 2 atom stereocenters. The molecule has 94 valence electrons. The lowest BCUT2D eigenvalue weighted by Gasteiger charge is -2.47. The summed E-state index contributed by atoms with van der Waals surface area (Å²) in [6.45, 7) is 2.72. The SMILES string of the molecule is CC(O)(CO)CNC1CCOC2(CCC2)C1. The molecule has 2 rings (SSSR count). The van der Waals surface area contributed by atoms with Gasteiger partial charge in [0.2, 0.25) is 0 Å². The summed E-state index contributed by atoms with van der Waals surface area (Å²) in [6, 6.07) is 0.423. The number of rotatable bonds is 4. The molecule has 1 aliphatic carbocycles. The summed E-state index contributed by atoms with van der Waals surface area (Å²) >= 11 is 0. The summed E-state index contributed by atoms with van der Waals surface area (Å²) in [5.74, 6) is 0. The normalized spacial score (nSPS) is 32.1. The Morgan fingerprint density at radius 2 is 2.25 bits per heavy atom. The molecule has 0 aromatic carbocycles. The Hall–Kier alpha value is -0.160. The summed E-state index contributed by atoms with van der Waals surface area (Å²) < 4.78 is 5.84. The molecule has 2 unspecified atom stereocenters. The van der Waals surface area contributed by atoms with E-state index in [-0.39, 0.29) is 12.2 Å². The van der Waals surface area contributed by atoms with Crippen molar-refractivity contribution < 1.29 is 14.9 Å². The summed E-state index contributed by atoms with van der Waals surface area (Å²) in [5.41, 5.74) is -0.869. The molecule has 1 aliphatic heterocycles. The van der Waals surface area contributed by atoms with Gasteiger partial charge in [0, 0.05) is 19.2 Å². The molecule has 16 heavy (non-hydrogen) atoms. The Kier molecular flexibility index (Phi) is 3.54. The van der Waals surface area contributed by atoms with Gasteiger partial charge in [0.15, 0.2) is 0 Å². The molecule has 2 fully saturated rings. The fourth-order valence-electron chi connectivity index (χ4n) is 2.54. The van der Waals surface area contributed by atoms with Crippen LogP contribution in [0.5, 0.6) is 0 Å². The first-order chi connectivity index (χ1) is 7.55. The predicted octanol–water partition coefficient (Wildman–Crippen LogP) is 0.421. The highest BCUT2D eigenvalue weighted by Gasteiger charge is 2.42. The van der Waals surface area contributed by atoms with Crippen LogP contribution in [0.3, 0.4) is 0 Å². The van der Waals surface area contributed by atoms with Gasteiger partial charge in [0.25, 0.3) is 0 Å². The van der Waals surface area contributed by atoms with E-state index in [2.05, 4.69) is 5.32 Å². The predicted molar refractivity (Wildman–Crippen MR) is 61.3 cm³/mol. The molecular formula is C12H23NO3. The molecule has 0 bridgehead atoms. The Bertz CT molecular complexity index is 238. The zero-order valence-electron chi connectivity index (χ0n) is 10.0. The van der Waals surface area contributed by atoms with E-state index in [1.54, 1.807) is 6.92 Å². The lowest BCUT2D eigenvalue weighted by molar-refractivity contribution is -0.137. The maximum absolute atomic E-state index is 9.71. The van der Waals surface area contributed by atoms with E-state index in [0.29, 0.717) is 12.6 Å². The fraction of sp³-hybridized carbons (Fsp3) is 1.00. The number of ether oxygens (including phenoxy) is 1. The van der Waals surface area contributed by atoms with Crippen molar-refractivity contribution >= 4 is 0 Å². The summed E-state index contributed by atoms with van der Waals surface area (Å²) in [4.78, 5) is 0. The zero-order chi connectivity index (χ0) is 11.6. The van der Waals surface area contributed by atoms with Crippen molar-refractivity contribution in [1.82, 2.24) is 5.32 Å². The van der Waals surface area contributed by atoms with Gasteiger partial charge in [-0.15, -0.1) is 0 Å². The third kappa shape index (κ3) is 2.74. The number of aliphatic hydroxyl groups is 2. The Morgan fingerprint density at radius 3 is 2.81 bits per heavy atom. The van der Waals surface area contributed by atoms with E-state index >= 15 is 0 Å². The number of hydrogen-bond donors (Lipinski definition) is 3. The molecule has 1 saturated carbocycles. The van der Waals surface area contributed by atoms with Crippen LogP contribution in [0.2, 0.25) is 0 Å². The minimum absolute atomic E-state index is 0.140. The molecular weight excluding hydrogens is 206 g/mol. The molecule has 0 aromatic rings. The average Bonchev–Trinajstić information content (AvgIpc) is 2.25. The standard InChI is InChI=1S/C12H23NO3/c1-11(15,9-14)8-13-10-3-6-16-12(7-10)4-2-5-12/h10,13-15H,2-9H2,1H3. The van der Waals surface area contributed by atoms with E-state index in [9.17, 15) is 5.11 Å². The molecule has 1 spiro atoms. The summed E-state index contributed by atoms with van der Waals surface area (Å²) in [5, 5.41) is 22.0. The number of nitrogens with one attached hydrogen (secondary N) is 1. The van der Waals surface area contributed by atoms with Crippen molar-refractivity contribution in [2.75, 3.05) is 19.8 Å².